The molecule has 0 aliphatic carbocycles. The lowest BCUT2D eigenvalue weighted by atomic mass is 9.69. The lowest BCUT2D eigenvalue weighted by Crippen LogP contribution is -2.47. The molecule has 16 heavy (non-hydrogen) atoms. The van der Waals surface area contributed by atoms with E-state index in [-0.39, 0.29) is 0 Å². The minimum Gasteiger partial charge on any atom is -0.383 e. The van der Waals surface area contributed by atoms with Gasteiger partial charge in [-0.2, -0.15) is 0 Å². The van der Waals surface area contributed by atoms with Gasteiger partial charge in [0, 0.05) is 20.2 Å². The average Bonchev–Trinajstić information content (AvgIpc) is 2.19. The SMILES string of the molecule is COCCN1CC[C@H](C)[C@](C)(CC(C)C)C1. The molecule has 1 aliphatic heterocycles. The predicted octanol–water partition coefficient (Wildman–Crippen LogP) is 3.03. The molecule has 1 rings (SSSR count). The molecule has 1 aliphatic rings. The summed E-state index contributed by atoms with van der Waals surface area (Å²) in [4.78, 5) is 2.58. The number of ether oxygens (including phenoxy) is 1. The molecule has 0 amide bonds. The molecule has 0 N–H and O–H groups in total. The summed E-state index contributed by atoms with van der Waals surface area (Å²) in [5.41, 5.74) is 0.500. The van der Waals surface area contributed by atoms with E-state index in [0.29, 0.717) is 5.41 Å². The molecule has 0 aromatic carbocycles. The number of methoxy groups -OCH3 is 1. The van der Waals surface area contributed by atoms with Crippen molar-refractivity contribution in [1.29, 1.82) is 0 Å². The van der Waals surface area contributed by atoms with Crippen molar-refractivity contribution in [3.05, 3.63) is 0 Å². The summed E-state index contributed by atoms with van der Waals surface area (Å²) in [7, 11) is 1.79. The van der Waals surface area contributed by atoms with E-state index in [2.05, 4.69) is 32.6 Å². The molecule has 2 atom stereocenters. The van der Waals surface area contributed by atoms with Crippen molar-refractivity contribution in [2.24, 2.45) is 17.3 Å². The topological polar surface area (TPSA) is 12.5 Å². The molecule has 0 unspecified atom stereocenters. The van der Waals surface area contributed by atoms with Crippen molar-refractivity contribution in [3.63, 3.8) is 0 Å². The molecule has 0 radical (unpaired) electrons. The number of hydrogen-bond donors (Lipinski definition) is 0. The summed E-state index contributed by atoms with van der Waals surface area (Å²) in [5.74, 6) is 1.66. The van der Waals surface area contributed by atoms with Gasteiger partial charge >= 0.3 is 0 Å². The first kappa shape index (κ1) is 14.0. The van der Waals surface area contributed by atoms with Gasteiger partial charge in [-0.3, -0.25) is 0 Å². The van der Waals surface area contributed by atoms with Crippen molar-refractivity contribution in [1.82, 2.24) is 4.90 Å². The fourth-order valence-electron chi connectivity index (χ4n) is 3.08. The first-order valence-corrected chi connectivity index (χ1v) is 6.69. The molecule has 2 heteroatoms. The van der Waals surface area contributed by atoms with Crippen LogP contribution in [0, 0.1) is 17.3 Å². The first-order chi connectivity index (χ1) is 7.48. The van der Waals surface area contributed by atoms with Gasteiger partial charge in [-0.1, -0.05) is 27.7 Å². The van der Waals surface area contributed by atoms with E-state index < -0.39 is 0 Å². The number of hydrogen-bond acceptors (Lipinski definition) is 2. The zero-order chi connectivity index (χ0) is 12.2. The van der Waals surface area contributed by atoms with E-state index in [4.69, 9.17) is 4.74 Å². The highest BCUT2D eigenvalue weighted by molar-refractivity contribution is 4.88. The van der Waals surface area contributed by atoms with Gasteiger partial charge in [0.1, 0.15) is 0 Å². The van der Waals surface area contributed by atoms with Crippen LogP contribution in [0.15, 0.2) is 0 Å². The van der Waals surface area contributed by atoms with E-state index >= 15 is 0 Å². The molecular weight excluding hydrogens is 198 g/mol. The first-order valence-electron chi connectivity index (χ1n) is 6.69. The van der Waals surface area contributed by atoms with Crippen molar-refractivity contribution < 1.29 is 4.74 Å². The smallest absolute Gasteiger partial charge is 0.0589 e. The van der Waals surface area contributed by atoms with Gasteiger partial charge in [0.05, 0.1) is 6.61 Å². The largest absolute Gasteiger partial charge is 0.383 e. The third kappa shape index (κ3) is 3.74. The fourth-order valence-corrected chi connectivity index (χ4v) is 3.08. The van der Waals surface area contributed by atoms with Crippen LogP contribution in [0.2, 0.25) is 0 Å². The number of piperidine rings is 1. The Morgan fingerprint density at radius 2 is 2.12 bits per heavy atom. The van der Waals surface area contributed by atoms with E-state index in [9.17, 15) is 0 Å². The third-order valence-corrected chi connectivity index (χ3v) is 4.14. The molecule has 0 saturated carbocycles. The van der Waals surface area contributed by atoms with Crippen LogP contribution in [-0.2, 0) is 4.74 Å². The molecule has 1 heterocycles. The second kappa shape index (κ2) is 6.02. The van der Waals surface area contributed by atoms with Crippen molar-refractivity contribution >= 4 is 0 Å². The predicted molar refractivity (Wildman–Crippen MR) is 69.7 cm³/mol. The Morgan fingerprint density at radius 1 is 1.44 bits per heavy atom. The average molecular weight is 227 g/mol. The van der Waals surface area contributed by atoms with Crippen LogP contribution in [0.5, 0.6) is 0 Å². The van der Waals surface area contributed by atoms with E-state index in [0.717, 1.165) is 25.0 Å². The quantitative estimate of drug-likeness (QED) is 0.716. The van der Waals surface area contributed by atoms with Crippen LogP contribution in [0.1, 0.15) is 40.5 Å². The third-order valence-electron chi connectivity index (χ3n) is 4.14. The maximum Gasteiger partial charge on any atom is 0.0589 e. The lowest BCUT2D eigenvalue weighted by Gasteiger charge is -2.46. The van der Waals surface area contributed by atoms with Crippen LogP contribution in [0.4, 0.5) is 0 Å². The van der Waals surface area contributed by atoms with Gasteiger partial charge in [-0.05, 0) is 36.6 Å². The molecule has 2 nitrogen and oxygen atoms in total. The Kier molecular flexibility index (Phi) is 5.26. The van der Waals surface area contributed by atoms with Crippen molar-refractivity contribution in [2.45, 2.75) is 40.5 Å². The zero-order valence-electron chi connectivity index (χ0n) is 11.8. The highest BCUT2D eigenvalue weighted by Crippen LogP contribution is 2.40. The Balaban J connectivity index is 2.53. The molecule has 0 aromatic rings. The van der Waals surface area contributed by atoms with Crippen LogP contribution in [-0.4, -0.2) is 38.3 Å². The van der Waals surface area contributed by atoms with Gasteiger partial charge in [-0.15, -0.1) is 0 Å². The minimum atomic E-state index is 0.500. The molecule has 96 valence electrons. The summed E-state index contributed by atoms with van der Waals surface area (Å²) < 4.78 is 5.18. The molecule has 1 fully saturated rings. The van der Waals surface area contributed by atoms with Crippen LogP contribution in [0.3, 0.4) is 0 Å². The van der Waals surface area contributed by atoms with Crippen LogP contribution < -0.4 is 0 Å². The summed E-state index contributed by atoms with van der Waals surface area (Å²) >= 11 is 0. The molecule has 0 bridgehead atoms. The van der Waals surface area contributed by atoms with Gasteiger partial charge in [0.15, 0.2) is 0 Å². The van der Waals surface area contributed by atoms with Gasteiger partial charge in [-0.25, -0.2) is 0 Å². The number of nitrogens with zero attached hydrogens (tertiary/aromatic N) is 1. The van der Waals surface area contributed by atoms with Gasteiger partial charge in [0.25, 0.3) is 0 Å². The number of rotatable bonds is 5. The zero-order valence-corrected chi connectivity index (χ0v) is 11.8. The Labute approximate surface area is 101 Å². The summed E-state index contributed by atoms with van der Waals surface area (Å²) in [6.07, 6.45) is 2.69. The van der Waals surface area contributed by atoms with E-state index in [1.165, 1.54) is 25.9 Å². The Morgan fingerprint density at radius 3 is 2.69 bits per heavy atom. The van der Waals surface area contributed by atoms with Gasteiger partial charge in [0.2, 0.25) is 0 Å². The van der Waals surface area contributed by atoms with E-state index in [1.54, 1.807) is 7.11 Å². The highest BCUT2D eigenvalue weighted by Gasteiger charge is 2.36. The second-order valence-electron chi connectivity index (χ2n) is 6.21. The lowest BCUT2D eigenvalue weighted by molar-refractivity contribution is 0.0204. The maximum absolute atomic E-state index is 5.18. The minimum absolute atomic E-state index is 0.500. The van der Waals surface area contributed by atoms with Gasteiger partial charge < -0.3 is 9.64 Å². The standard InChI is InChI=1S/C14H29NO/c1-12(2)10-14(4)11-15(8-9-16-5)7-6-13(14)3/h12-13H,6-11H2,1-5H3/t13-,14+/m0/s1. The summed E-state index contributed by atoms with van der Waals surface area (Å²) in [5, 5.41) is 0. The monoisotopic (exact) mass is 227 g/mol. The van der Waals surface area contributed by atoms with Crippen LogP contribution in [0.25, 0.3) is 0 Å². The normalized spacial score (nSPS) is 32.2. The van der Waals surface area contributed by atoms with Crippen molar-refractivity contribution in [3.8, 4) is 0 Å². The number of likely N-dealkylation sites (tertiary alicyclic amines) is 1. The maximum atomic E-state index is 5.18. The van der Waals surface area contributed by atoms with E-state index in [1.807, 2.05) is 0 Å². The fraction of sp³-hybridized carbons (Fsp3) is 1.00. The second-order valence-corrected chi connectivity index (χ2v) is 6.21. The Hall–Kier alpha value is -0.0800. The molecular formula is C14H29NO. The summed E-state index contributed by atoms with van der Waals surface area (Å²) in [6, 6.07) is 0. The highest BCUT2D eigenvalue weighted by atomic mass is 16.5. The summed E-state index contributed by atoms with van der Waals surface area (Å²) in [6.45, 7) is 14.0. The Bertz CT molecular complexity index is 203. The molecule has 0 aromatic heterocycles. The van der Waals surface area contributed by atoms with Crippen molar-refractivity contribution in [2.75, 3.05) is 33.4 Å². The molecule has 0 spiro atoms. The van der Waals surface area contributed by atoms with Crippen LogP contribution >= 0.6 is 0 Å². The molecule has 1 saturated heterocycles.